The van der Waals surface area contributed by atoms with Gasteiger partial charge in [-0.2, -0.15) is 0 Å². The topological polar surface area (TPSA) is 41.1 Å². The van der Waals surface area contributed by atoms with Gasteiger partial charge in [0.05, 0.1) is 0 Å². The summed E-state index contributed by atoms with van der Waals surface area (Å²) in [5, 5.41) is 7.07. The zero-order valence-corrected chi connectivity index (χ0v) is 10.3. The average molecular weight is 259 g/mol. The minimum atomic E-state index is -0.778. The molecule has 1 aliphatic heterocycles. The molecule has 16 heavy (non-hydrogen) atoms. The number of hydrogen-bond donors (Lipinski definition) is 2. The lowest BCUT2D eigenvalue weighted by Crippen LogP contribution is -2.59. The van der Waals surface area contributed by atoms with E-state index in [-0.39, 0.29) is 5.91 Å². The van der Waals surface area contributed by atoms with Crippen molar-refractivity contribution in [3.05, 3.63) is 33.8 Å². The number of hydrogen-bond acceptors (Lipinski definition) is 2. The van der Waals surface area contributed by atoms with Crippen LogP contribution in [0.3, 0.4) is 0 Å². The van der Waals surface area contributed by atoms with Gasteiger partial charge in [-0.25, -0.2) is 0 Å². The third-order valence-electron chi connectivity index (χ3n) is 2.81. The van der Waals surface area contributed by atoms with Gasteiger partial charge in [0.1, 0.15) is 5.54 Å². The molecule has 86 valence electrons. The molecule has 0 spiro atoms. The summed E-state index contributed by atoms with van der Waals surface area (Å²) in [5.74, 6) is -0.0667. The largest absolute Gasteiger partial charge is 0.353 e. The molecule has 0 bridgehead atoms. The Bertz CT molecular complexity index is 436. The molecule has 1 aromatic carbocycles. The lowest BCUT2D eigenvalue weighted by atomic mass is 9.89. The van der Waals surface area contributed by atoms with E-state index in [0.29, 0.717) is 16.6 Å². The molecule has 1 atom stereocenters. The molecular weight excluding hydrogens is 247 g/mol. The monoisotopic (exact) mass is 258 g/mol. The van der Waals surface area contributed by atoms with E-state index in [1.807, 2.05) is 6.92 Å². The Labute approximate surface area is 104 Å². The van der Waals surface area contributed by atoms with Crippen LogP contribution < -0.4 is 10.6 Å². The summed E-state index contributed by atoms with van der Waals surface area (Å²) in [6.45, 7) is 3.18. The van der Waals surface area contributed by atoms with Crippen LogP contribution in [0.25, 0.3) is 0 Å². The molecule has 1 fully saturated rings. The van der Waals surface area contributed by atoms with Gasteiger partial charge in [0.2, 0.25) is 5.91 Å². The molecule has 1 amide bonds. The predicted molar refractivity (Wildman–Crippen MR) is 64.8 cm³/mol. The molecule has 1 saturated heterocycles. The van der Waals surface area contributed by atoms with Gasteiger partial charge >= 0.3 is 0 Å². The second-order valence-electron chi connectivity index (χ2n) is 3.93. The lowest BCUT2D eigenvalue weighted by molar-refractivity contribution is -0.128. The summed E-state index contributed by atoms with van der Waals surface area (Å²) in [6, 6.07) is 5.16. The molecule has 0 aliphatic carbocycles. The van der Waals surface area contributed by atoms with E-state index in [2.05, 4.69) is 10.6 Å². The number of amides is 1. The quantitative estimate of drug-likeness (QED) is 0.809. The summed E-state index contributed by atoms with van der Waals surface area (Å²) in [7, 11) is 0. The van der Waals surface area contributed by atoms with E-state index in [1.165, 1.54) is 0 Å². The number of benzene rings is 1. The molecule has 2 rings (SSSR count). The van der Waals surface area contributed by atoms with E-state index >= 15 is 0 Å². The molecule has 5 heteroatoms. The number of carbonyl (C=O) groups is 1. The maximum Gasteiger partial charge on any atom is 0.244 e. The molecule has 2 N–H and O–H groups in total. The van der Waals surface area contributed by atoms with Crippen LogP contribution >= 0.6 is 23.2 Å². The first-order chi connectivity index (χ1) is 7.54. The molecule has 0 aromatic heterocycles. The lowest BCUT2D eigenvalue weighted by Gasteiger charge is -2.34. The molecule has 1 unspecified atom stereocenters. The van der Waals surface area contributed by atoms with Crippen molar-refractivity contribution in [1.82, 2.24) is 10.6 Å². The van der Waals surface area contributed by atoms with Gasteiger partial charge in [0.25, 0.3) is 0 Å². The fraction of sp³-hybridized carbons (Fsp3) is 0.364. The first kappa shape index (κ1) is 11.7. The highest BCUT2D eigenvalue weighted by Gasteiger charge is 2.38. The van der Waals surface area contributed by atoms with Crippen molar-refractivity contribution in [2.75, 3.05) is 13.1 Å². The summed E-state index contributed by atoms with van der Waals surface area (Å²) in [5.41, 5.74) is -0.0318. The van der Waals surface area contributed by atoms with Crippen molar-refractivity contribution >= 4 is 29.1 Å². The van der Waals surface area contributed by atoms with E-state index in [9.17, 15) is 4.79 Å². The van der Waals surface area contributed by atoms with Crippen LogP contribution in [0.2, 0.25) is 10.0 Å². The Balaban J connectivity index is 2.45. The second-order valence-corrected chi connectivity index (χ2v) is 4.78. The number of halogens is 2. The van der Waals surface area contributed by atoms with E-state index in [4.69, 9.17) is 23.2 Å². The molecular formula is C11H12Cl2N2O. The van der Waals surface area contributed by atoms with Gasteiger partial charge < -0.3 is 5.32 Å². The third kappa shape index (κ3) is 1.90. The zero-order valence-electron chi connectivity index (χ0n) is 8.81. The standard InChI is InChI=1S/C11H12Cl2N2O/c1-11(10(16)14-4-5-15-11)8-3-2-7(12)6-9(8)13/h2-3,6,15H,4-5H2,1H3,(H,14,16). The van der Waals surface area contributed by atoms with Crippen LogP contribution in [0.5, 0.6) is 0 Å². The van der Waals surface area contributed by atoms with Gasteiger partial charge in [0, 0.05) is 28.7 Å². The van der Waals surface area contributed by atoms with Gasteiger partial charge in [-0.1, -0.05) is 29.3 Å². The summed E-state index contributed by atoms with van der Waals surface area (Å²) in [6.07, 6.45) is 0. The Kier molecular flexibility index (Phi) is 3.10. The van der Waals surface area contributed by atoms with Crippen molar-refractivity contribution < 1.29 is 4.79 Å². The smallest absolute Gasteiger partial charge is 0.244 e. The molecule has 3 nitrogen and oxygen atoms in total. The van der Waals surface area contributed by atoms with E-state index in [1.54, 1.807) is 18.2 Å². The second kappa shape index (κ2) is 4.24. The van der Waals surface area contributed by atoms with Crippen LogP contribution in [0.15, 0.2) is 18.2 Å². The van der Waals surface area contributed by atoms with Crippen LogP contribution in [0.1, 0.15) is 12.5 Å². The van der Waals surface area contributed by atoms with Crippen molar-refractivity contribution in [2.45, 2.75) is 12.5 Å². The van der Waals surface area contributed by atoms with Crippen molar-refractivity contribution in [3.63, 3.8) is 0 Å². The number of nitrogens with one attached hydrogen (secondary N) is 2. The highest BCUT2D eigenvalue weighted by molar-refractivity contribution is 6.35. The highest BCUT2D eigenvalue weighted by Crippen LogP contribution is 2.31. The molecule has 1 heterocycles. The number of piperazine rings is 1. The Morgan fingerprint density at radius 2 is 2.06 bits per heavy atom. The minimum absolute atomic E-state index is 0.0667. The summed E-state index contributed by atoms with van der Waals surface area (Å²) >= 11 is 11.9. The fourth-order valence-corrected chi connectivity index (χ4v) is 2.46. The molecule has 0 radical (unpaired) electrons. The van der Waals surface area contributed by atoms with Gasteiger partial charge in [-0.3, -0.25) is 10.1 Å². The predicted octanol–water partition coefficient (Wildman–Crippen LogP) is 1.93. The average Bonchev–Trinajstić information content (AvgIpc) is 2.22. The van der Waals surface area contributed by atoms with Crippen molar-refractivity contribution in [1.29, 1.82) is 0 Å². The van der Waals surface area contributed by atoms with Crippen LogP contribution in [-0.4, -0.2) is 19.0 Å². The number of rotatable bonds is 1. The van der Waals surface area contributed by atoms with Crippen molar-refractivity contribution in [3.8, 4) is 0 Å². The van der Waals surface area contributed by atoms with E-state index in [0.717, 1.165) is 12.1 Å². The van der Waals surface area contributed by atoms with Crippen molar-refractivity contribution in [2.24, 2.45) is 0 Å². The Morgan fingerprint density at radius 3 is 2.69 bits per heavy atom. The molecule has 1 aromatic rings. The Morgan fingerprint density at radius 1 is 1.31 bits per heavy atom. The highest BCUT2D eigenvalue weighted by atomic mass is 35.5. The van der Waals surface area contributed by atoms with Gasteiger partial charge in [0.15, 0.2) is 0 Å². The zero-order chi connectivity index (χ0) is 11.8. The SMILES string of the molecule is CC1(c2ccc(Cl)cc2Cl)NCCNC1=O. The minimum Gasteiger partial charge on any atom is -0.353 e. The van der Waals surface area contributed by atoms with E-state index < -0.39 is 5.54 Å². The normalized spacial score (nSPS) is 25.3. The van der Waals surface area contributed by atoms with Crippen LogP contribution in [-0.2, 0) is 10.3 Å². The first-order valence-electron chi connectivity index (χ1n) is 5.03. The van der Waals surface area contributed by atoms with Crippen LogP contribution in [0, 0.1) is 0 Å². The Hall–Kier alpha value is -0.770. The third-order valence-corrected chi connectivity index (χ3v) is 3.36. The fourth-order valence-electron chi connectivity index (χ4n) is 1.86. The summed E-state index contributed by atoms with van der Waals surface area (Å²) < 4.78 is 0. The maximum atomic E-state index is 11.9. The molecule has 0 saturated carbocycles. The molecule has 1 aliphatic rings. The van der Waals surface area contributed by atoms with Crippen LogP contribution in [0.4, 0.5) is 0 Å². The maximum absolute atomic E-state index is 11.9. The number of carbonyl (C=O) groups excluding carboxylic acids is 1. The van der Waals surface area contributed by atoms with Gasteiger partial charge in [-0.15, -0.1) is 0 Å². The summed E-state index contributed by atoms with van der Waals surface area (Å²) in [4.78, 5) is 11.9. The first-order valence-corrected chi connectivity index (χ1v) is 5.78. The van der Waals surface area contributed by atoms with Gasteiger partial charge in [-0.05, 0) is 19.1 Å².